The molecule has 0 unspecified atom stereocenters. The fourth-order valence-corrected chi connectivity index (χ4v) is 1.97. The maximum absolute atomic E-state index is 11.5. The van der Waals surface area contributed by atoms with Crippen LogP contribution in [0.15, 0.2) is 18.2 Å². The van der Waals surface area contributed by atoms with Gasteiger partial charge in [-0.3, -0.25) is 9.59 Å². The average Bonchev–Trinajstić information content (AvgIpc) is 2.37. The summed E-state index contributed by atoms with van der Waals surface area (Å²) in [5.74, 6) is -0.476. The Kier molecular flexibility index (Phi) is 6.67. The van der Waals surface area contributed by atoms with Crippen LogP contribution in [0, 0.1) is 0 Å². The summed E-state index contributed by atoms with van der Waals surface area (Å²) in [6.07, 6.45) is 1.01. The first-order valence-electron chi connectivity index (χ1n) is 5.80. The van der Waals surface area contributed by atoms with Crippen molar-refractivity contribution < 1.29 is 14.3 Å². The van der Waals surface area contributed by atoms with Crippen molar-refractivity contribution >= 4 is 35.1 Å². The third-order valence-corrected chi connectivity index (χ3v) is 3.10. The van der Waals surface area contributed by atoms with Gasteiger partial charge in [0.1, 0.15) is 0 Å². The number of rotatable bonds is 6. The van der Waals surface area contributed by atoms with Crippen LogP contribution in [-0.4, -0.2) is 25.5 Å². The summed E-state index contributed by atoms with van der Waals surface area (Å²) in [5.41, 5.74) is 0.870. The van der Waals surface area contributed by atoms with Crippen LogP contribution in [0.3, 0.4) is 0 Å². The van der Waals surface area contributed by atoms with Gasteiger partial charge in [0.25, 0.3) is 0 Å². The third kappa shape index (κ3) is 5.94. The first-order valence-corrected chi connectivity index (χ1v) is 6.56. The zero-order valence-electron chi connectivity index (χ0n) is 10.5. The predicted molar refractivity (Wildman–Crippen MR) is 74.4 cm³/mol. The van der Waals surface area contributed by atoms with Gasteiger partial charge < -0.3 is 10.1 Å². The fraction of sp³-hybridized carbons (Fsp3) is 0.385. The maximum Gasteiger partial charge on any atom is 0.307 e. The lowest BCUT2D eigenvalue weighted by Crippen LogP contribution is -2.26. The van der Waals surface area contributed by atoms with Gasteiger partial charge in [-0.25, -0.2) is 0 Å². The molecule has 19 heavy (non-hydrogen) atoms. The smallest absolute Gasteiger partial charge is 0.307 e. The van der Waals surface area contributed by atoms with E-state index in [9.17, 15) is 9.59 Å². The van der Waals surface area contributed by atoms with Gasteiger partial charge in [-0.05, 0) is 24.1 Å². The largest absolute Gasteiger partial charge is 0.469 e. The second kappa shape index (κ2) is 8.02. The molecule has 1 rings (SSSR count). The van der Waals surface area contributed by atoms with E-state index in [0.29, 0.717) is 22.9 Å². The molecule has 0 aliphatic heterocycles. The van der Waals surface area contributed by atoms with Crippen LogP contribution in [0.25, 0.3) is 0 Å². The average molecular weight is 304 g/mol. The van der Waals surface area contributed by atoms with E-state index in [-0.39, 0.29) is 24.8 Å². The number of methoxy groups -OCH3 is 1. The Morgan fingerprint density at radius 3 is 2.63 bits per heavy atom. The molecule has 0 bridgehead atoms. The van der Waals surface area contributed by atoms with Gasteiger partial charge in [0.2, 0.25) is 5.91 Å². The Hall–Kier alpha value is -1.26. The van der Waals surface area contributed by atoms with Crippen LogP contribution >= 0.6 is 23.2 Å². The van der Waals surface area contributed by atoms with E-state index in [1.54, 1.807) is 18.2 Å². The zero-order chi connectivity index (χ0) is 14.3. The Balaban J connectivity index is 2.32. The molecule has 6 heteroatoms. The molecule has 1 amide bonds. The summed E-state index contributed by atoms with van der Waals surface area (Å²) in [6.45, 7) is 0.278. The number of halogens is 2. The lowest BCUT2D eigenvalue weighted by atomic mass is 10.1. The van der Waals surface area contributed by atoms with Crippen molar-refractivity contribution in [3.63, 3.8) is 0 Å². The molecule has 1 aromatic rings. The van der Waals surface area contributed by atoms with Crippen molar-refractivity contribution in [1.29, 1.82) is 0 Å². The normalized spacial score (nSPS) is 10.1. The topological polar surface area (TPSA) is 55.4 Å². The summed E-state index contributed by atoms with van der Waals surface area (Å²) in [7, 11) is 1.31. The van der Waals surface area contributed by atoms with Crippen LogP contribution < -0.4 is 5.32 Å². The van der Waals surface area contributed by atoms with Crippen LogP contribution in [0.4, 0.5) is 0 Å². The molecule has 0 saturated heterocycles. The summed E-state index contributed by atoms with van der Waals surface area (Å²) in [4.78, 5) is 22.4. The SMILES string of the molecule is COC(=O)CCNC(=O)CCc1ccc(Cl)cc1Cl. The standard InChI is InChI=1S/C13H15Cl2NO3/c1-19-13(18)6-7-16-12(17)5-3-9-2-4-10(14)8-11(9)15/h2,4,8H,3,5-7H2,1H3,(H,16,17). The fourth-order valence-electron chi connectivity index (χ4n) is 1.47. The van der Waals surface area contributed by atoms with Gasteiger partial charge in [-0.2, -0.15) is 0 Å². The quantitative estimate of drug-likeness (QED) is 0.822. The van der Waals surface area contributed by atoms with E-state index in [2.05, 4.69) is 10.1 Å². The number of esters is 1. The van der Waals surface area contributed by atoms with Gasteiger partial charge in [0.15, 0.2) is 0 Å². The minimum Gasteiger partial charge on any atom is -0.469 e. The number of benzene rings is 1. The van der Waals surface area contributed by atoms with E-state index in [4.69, 9.17) is 23.2 Å². The molecule has 4 nitrogen and oxygen atoms in total. The van der Waals surface area contributed by atoms with Crippen molar-refractivity contribution in [3.05, 3.63) is 33.8 Å². The van der Waals surface area contributed by atoms with Crippen LogP contribution in [0.1, 0.15) is 18.4 Å². The van der Waals surface area contributed by atoms with Crippen LogP contribution in [-0.2, 0) is 20.7 Å². The van der Waals surface area contributed by atoms with Gasteiger partial charge in [0.05, 0.1) is 13.5 Å². The number of amides is 1. The molecule has 0 heterocycles. The third-order valence-electron chi connectivity index (χ3n) is 2.52. The molecule has 0 aliphatic carbocycles. The van der Waals surface area contributed by atoms with Crippen molar-refractivity contribution in [3.8, 4) is 0 Å². The number of hydrogen-bond donors (Lipinski definition) is 1. The molecule has 0 atom stereocenters. The lowest BCUT2D eigenvalue weighted by Gasteiger charge is -2.06. The van der Waals surface area contributed by atoms with Gasteiger partial charge in [-0.15, -0.1) is 0 Å². The van der Waals surface area contributed by atoms with E-state index in [0.717, 1.165) is 5.56 Å². The molecule has 1 aromatic carbocycles. The molecule has 0 aromatic heterocycles. The number of hydrogen-bond acceptors (Lipinski definition) is 3. The molecule has 0 spiro atoms. The minimum atomic E-state index is -0.346. The van der Waals surface area contributed by atoms with E-state index in [1.165, 1.54) is 7.11 Å². The van der Waals surface area contributed by atoms with Crippen LogP contribution in [0.2, 0.25) is 10.0 Å². The molecule has 0 radical (unpaired) electrons. The van der Waals surface area contributed by atoms with Crippen molar-refractivity contribution in [2.45, 2.75) is 19.3 Å². The molecule has 0 aliphatic rings. The van der Waals surface area contributed by atoms with Crippen molar-refractivity contribution in [2.24, 2.45) is 0 Å². The Morgan fingerprint density at radius 2 is 2.00 bits per heavy atom. The first-order chi connectivity index (χ1) is 9.02. The summed E-state index contributed by atoms with van der Waals surface area (Å²) in [6, 6.07) is 5.18. The monoisotopic (exact) mass is 303 g/mol. The molecule has 0 saturated carbocycles. The molecular formula is C13H15Cl2NO3. The van der Waals surface area contributed by atoms with Crippen molar-refractivity contribution in [2.75, 3.05) is 13.7 Å². The Labute approximate surface area is 122 Å². The summed E-state index contributed by atoms with van der Waals surface area (Å²) >= 11 is 11.8. The number of nitrogens with one attached hydrogen (secondary N) is 1. The van der Waals surface area contributed by atoms with Gasteiger partial charge >= 0.3 is 5.97 Å². The summed E-state index contributed by atoms with van der Waals surface area (Å²) in [5, 5.41) is 3.76. The number of carbonyl (C=O) groups is 2. The first kappa shape index (κ1) is 15.8. The molecule has 104 valence electrons. The van der Waals surface area contributed by atoms with Crippen molar-refractivity contribution in [1.82, 2.24) is 5.32 Å². The molecule has 0 fully saturated rings. The van der Waals surface area contributed by atoms with E-state index >= 15 is 0 Å². The van der Waals surface area contributed by atoms with E-state index < -0.39 is 0 Å². The number of carbonyl (C=O) groups excluding carboxylic acids is 2. The predicted octanol–water partition coefficient (Wildman–Crippen LogP) is 2.61. The number of ether oxygens (including phenoxy) is 1. The zero-order valence-corrected chi connectivity index (χ0v) is 12.1. The molecule has 1 N–H and O–H groups in total. The minimum absolute atomic E-state index is 0.130. The number of aryl methyl sites for hydroxylation is 1. The highest BCUT2D eigenvalue weighted by molar-refractivity contribution is 6.35. The molecular weight excluding hydrogens is 289 g/mol. The highest BCUT2D eigenvalue weighted by atomic mass is 35.5. The lowest BCUT2D eigenvalue weighted by molar-refractivity contribution is -0.140. The summed E-state index contributed by atoms with van der Waals surface area (Å²) < 4.78 is 4.47. The Bertz CT molecular complexity index is 463. The van der Waals surface area contributed by atoms with Crippen LogP contribution in [0.5, 0.6) is 0 Å². The second-order valence-electron chi connectivity index (χ2n) is 3.91. The van der Waals surface area contributed by atoms with Gasteiger partial charge in [-0.1, -0.05) is 29.3 Å². The maximum atomic E-state index is 11.5. The highest BCUT2D eigenvalue weighted by Gasteiger charge is 2.06. The highest BCUT2D eigenvalue weighted by Crippen LogP contribution is 2.21. The van der Waals surface area contributed by atoms with E-state index in [1.807, 2.05) is 0 Å². The Morgan fingerprint density at radius 1 is 1.26 bits per heavy atom. The van der Waals surface area contributed by atoms with Gasteiger partial charge in [0, 0.05) is 23.0 Å². The second-order valence-corrected chi connectivity index (χ2v) is 4.76.